The minimum Gasteiger partial charge on any atom is -0.477 e. The van der Waals surface area contributed by atoms with Gasteiger partial charge >= 0.3 is 5.97 Å². The highest BCUT2D eigenvalue weighted by molar-refractivity contribution is 8.01. The highest BCUT2D eigenvalue weighted by atomic mass is 32.2. The molecular formula is C21H21N5O7S2. The zero-order valence-corrected chi connectivity index (χ0v) is 19.8. The van der Waals surface area contributed by atoms with E-state index in [-0.39, 0.29) is 35.4 Å². The molecule has 1 fully saturated rings. The molecule has 1 aromatic heterocycles. The Labute approximate surface area is 207 Å². The van der Waals surface area contributed by atoms with Crippen LogP contribution in [0.5, 0.6) is 0 Å². The number of primary amides is 1. The summed E-state index contributed by atoms with van der Waals surface area (Å²) in [7, 11) is 0. The number of rotatable bonds is 10. The minimum absolute atomic E-state index is 0.0653. The monoisotopic (exact) mass is 519 g/mol. The number of benzene rings is 1. The van der Waals surface area contributed by atoms with Gasteiger partial charge in [-0.1, -0.05) is 42.1 Å². The molecule has 0 saturated carbocycles. The van der Waals surface area contributed by atoms with Crippen LogP contribution in [-0.4, -0.2) is 71.9 Å². The first-order chi connectivity index (χ1) is 16.8. The summed E-state index contributed by atoms with van der Waals surface area (Å²) in [5.41, 5.74) is 5.83. The molecule has 14 heteroatoms. The number of nitrogens with one attached hydrogen (secondary N) is 1. The van der Waals surface area contributed by atoms with Gasteiger partial charge in [0.15, 0.2) is 6.10 Å². The van der Waals surface area contributed by atoms with Gasteiger partial charge in [-0.2, -0.15) is 0 Å². The highest BCUT2D eigenvalue weighted by Crippen LogP contribution is 2.41. The molecule has 0 bridgehead atoms. The molecule has 3 heterocycles. The number of thioether (sulfide) groups is 2. The van der Waals surface area contributed by atoms with Crippen molar-refractivity contribution in [1.29, 1.82) is 0 Å². The van der Waals surface area contributed by atoms with Gasteiger partial charge in [-0.05, 0) is 11.1 Å². The number of carboxylic acid groups (broad SMARTS) is 1. The van der Waals surface area contributed by atoms with E-state index in [0.29, 0.717) is 16.9 Å². The van der Waals surface area contributed by atoms with Crippen molar-refractivity contribution in [2.45, 2.75) is 35.6 Å². The second-order valence-corrected chi connectivity index (χ2v) is 9.71. The topological polar surface area (TPSA) is 189 Å². The number of aliphatic hydroxyl groups excluding tert-OH is 1. The van der Waals surface area contributed by atoms with Gasteiger partial charge in [-0.3, -0.25) is 19.3 Å². The Hall–Kier alpha value is -3.36. The smallest absolute Gasteiger partial charge is 0.352 e. The number of hydrogen-bond acceptors (Lipinski definition) is 10. The molecule has 184 valence electrons. The van der Waals surface area contributed by atoms with Crippen LogP contribution in [-0.2, 0) is 25.6 Å². The van der Waals surface area contributed by atoms with E-state index in [1.54, 1.807) is 30.3 Å². The van der Waals surface area contributed by atoms with Crippen molar-refractivity contribution in [3.8, 4) is 0 Å². The summed E-state index contributed by atoms with van der Waals surface area (Å²) in [6, 6.07) is 7.34. The number of nitrogens with two attached hydrogens (primary N) is 1. The number of aliphatic hydroxyl groups is 1. The van der Waals surface area contributed by atoms with Crippen molar-refractivity contribution in [2.24, 2.45) is 5.73 Å². The molecule has 0 aliphatic carbocycles. The fraction of sp³-hybridized carbons (Fsp3) is 0.333. The molecule has 1 aromatic carbocycles. The van der Waals surface area contributed by atoms with Crippen molar-refractivity contribution >= 4 is 47.2 Å². The van der Waals surface area contributed by atoms with Gasteiger partial charge in [-0.25, -0.2) is 4.79 Å². The summed E-state index contributed by atoms with van der Waals surface area (Å²) >= 11 is 2.42. The van der Waals surface area contributed by atoms with Gasteiger partial charge in [0.1, 0.15) is 17.1 Å². The Morgan fingerprint density at radius 3 is 2.71 bits per heavy atom. The van der Waals surface area contributed by atoms with Crippen molar-refractivity contribution in [3.63, 3.8) is 0 Å². The summed E-state index contributed by atoms with van der Waals surface area (Å²) in [6.07, 6.45) is -1.18. The second kappa shape index (κ2) is 10.5. The fourth-order valence-corrected chi connectivity index (χ4v) is 5.86. The van der Waals surface area contributed by atoms with Gasteiger partial charge in [0, 0.05) is 24.3 Å². The summed E-state index contributed by atoms with van der Waals surface area (Å²) in [5.74, 6) is -2.33. The number of aromatic nitrogens is 2. The lowest BCUT2D eigenvalue weighted by Crippen LogP contribution is -2.70. The number of carbonyl (C=O) groups is 4. The summed E-state index contributed by atoms with van der Waals surface area (Å²) in [4.78, 5) is 49.3. The van der Waals surface area contributed by atoms with Crippen molar-refractivity contribution in [2.75, 3.05) is 11.5 Å². The van der Waals surface area contributed by atoms with Crippen molar-refractivity contribution < 1.29 is 33.8 Å². The van der Waals surface area contributed by atoms with E-state index in [4.69, 9.17) is 10.2 Å². The zero-order chi connectivity index (χ0) is 25.1. The van der Waals surface area contributed by atoms with Crippen LogP contribution in [0.1, 0.15) is 24.0 Å². The van der Waals surface area contributed by atoms with E-state index < -0.39 is 41.2 Å². The zero-order valence-electron chi connectivity index (χ0n) is 18.1. The third-order valence-electron chi connectivity index (χ3n) is 5.31. The van der Waals surface area contributed by atoms with Crippen LogP contribution in [0.2, 0.25) is 0 Å². The normalized spacial score (nSPS) is 20.1. The van der Waals surface area contributed by atoms with Gasteiger partial charge in [0.05, 0.1) is 0 Å². The molecule has 4 rings (SSSR count). The van der Waals surface area contributed by atoms with Crippen molar-refractivity contribution in [1.82, 2.24) is 20.4 Å². The maximum absolute atomic E-state index is 12.8. The maximum Gasteiger partial charge on any atom is 0.352 e. The van der Waals surface area contributed by atoms with Gasteiger partial charge in [0.25, 0.3) is 17.0 Å². The number of fused-ring (bicyclic) bond motifs is 1. The molecule has 35 heavy (non-hydrogen) atoms. The second-order valence-electron chi connectivity index (χ2n) is 7.68. The molecule has 2 aromatic rings. The Morgan fingerprint density at radius 2 is 2.03 bits per heavy atom. The number of amides is 3. The lowest BCUT2D eigenvalue weighted by atomic mass is 10.0. The highest BCUT2D eigenvalue weighted by Gasteiger charge is 2.54. The lowest BCUT2D eigenvalue weighted by Gasteiger charge is -2.49. The number of hydrogen-bond donors (Lipinski definition) is 4. The average molecular weight is 520 g/mol. The predicted molar refractivity (Wildman–Crippen MR) is 124 cm³/mol. The number of nitrogens with zero attached hydrogens (tertiary/aromatic N) is 3. The van der Waals surface area contributed by atoms with Crippen LogP contribution >= 0.6 is 23.5 Å². The van der Waals surface area contributed by atoms with Crippen LogP contribution < -0.4 is 11.1 Å². The standard InChI is InChI=1S/C21H21N5O7S2/c22-12(27)6-7-13-24-25-21(33-13)35-9-11-8-34-19-14(18(30)26(19)15(11)20(31)32)23-17(29)16(28)10-4-2-1-3-5-10/h1-5,14,16,19,28H,6-9H2,(H2,22,27)(H,23,29)(H,31,32)/t14?,16-,19-/m1/s1. The SMILES string of the molecule is NC(=O)CCc1nnc(SCC2=C(C(=O)O)N3C(=O)C(NC(=O)[C@H](O)c4ccccc4)[C@H]3SC2)o1. The molecule has 3 amide bonds. The molecular weight excluding hydrogens is 498 g/mol. The predicted octanol–water partition coefficient (Wildman–Crippen LogP) is 0.0518. The largest absolute Gasteiger partial charge is 0.477 e. The van der Waals surface area contributed by atoms with Crippen molar-refractivity contribution in [3.05, 3.63) is 53.1 Å². The van der Waals surface area contributed by atoms with Crippen LogP contribution in [0.3, 0.4) is 0 Å². The van der Waals surface area contributed by atoms with E-state index in [9.17, 15) is 29.4 Å². The molecule has 1 saturated heterocycles. The Kier molecular flexibility index (Phi) is 7.42. The number of aliphatic carboxylic acids is 1. The van der Waals surface area contributed by atoms with Gasteiger partial charge < -0.3 is 25.7 Å². The van der Waals surface area contributed by atoms with E-state index in [1.807, 2.05) is 0 Å². The summed E-state index contributed by atoms with van der Waals surface area (Å²) in [6.45, 7) is 0. The molecule has 2 aliphatic rings. The molecule has 12 nitrogen and oxygen atoms in total. The fourth-order valence-electron chi connectivity index (χ4n) is 3.59. The number of carboxylic acids is 1. The van der Waals surface area contributed by atoms with E-state index in [2.05, 4.69) is 15.5 Å². The first-order valence-corrected chi connectivity index (χ1v) is 12.5. The molecule has 5 N–H and O–H groups in total. The Morgan fingerprint density at radius 1 is 1.29 bits per heavy atom. The van der Waals surface area contributed by atoms with E-state index in [0.717, 1.165) is 16.7 Å². The maximum atomic E-state index is 12.8. The average Bonchev–Trinajstić information content (AvgIpc) is 3.31. The number of β-lactam (4-membered cyclic amide) rings is 1. The van der Waals surface area contributed by atoms with Gasteiger partial charge in [0.2, 0.25) is 11.8 Å². The minimum atomic E-state index is -1.45. The van der Waals surface area contributed by atoms with Gasteiger partial charge in [-0.15, -0.1) is 22.0 Å². The van der Waals surface area contributed by atoms with Crippen LogP contribution in [0.25, 0.3) is 0 Å². The van der Waals surface area contributed by atoms with E-state index in [1.165, 1.54) is 11.8 Å². The lowest BCUT2D eigenvalue weighted by molar-refractivity contribution is -0.151. The molecule has 2 aliphatic heterocycles. The quantitative estimate of drug-likeness (QED) is 0.245. The molecule has 0 spiro atoms. The Bertz CT molecular complexity index is 1190. The number of carbonyl (C=O) groups excluding carboxylic acids is 3. The Balaban J connectivity index is 1.40. The third-order valence-corrected chi connectivity index (χ3v) is 7.56. The van der Waals surface area contributed by atoms with E-state index >= 15 is 0 Å². The molecule has 1 unspecified atom stereocenters. The first-order valence-electron chi connectivity index (χ1n) is 10.4. The first kappa shape index (κ1) is 24.8. The summed E-state index contributed by atoms with van der Waals surface area (Å²) < 4.78 is 5.43. The number of aryl methyl sites for hydroxylation is 1. The van der Waals surface area contributed by atoms with Crippen LogP contribution in [0.15, 0.2) is 51.2 Å². The third kappa shape index (κ3) is 5.33. The van der Waals surface area contributed by atoms with Crippen LogP contribution in [0.4, 0.5) is 0 Å². The van der Waals surface area contributed by atoms with Crippen LogP contribution in [0, 0.1) is 0 Å². The molecule has 0 radical (unpaired) electrons. The summed E-state index contributed by atoms with van der Waals surface area (Å²) in [5, 5.41) is 29.9. The molecule has 3 atom stereocenters.